The summed E-state index contributed by atoms with van der Waals surface area (Å²) in [7, 11) is 3.91. The van der Waals surface area contributed by atoms with Crippen molar-refractivity contribution in [2.75, 3.05) is 39.1 Å². The summed E-state index contributed by atoms with van der Waals surface area (Å²) in [5, 5.41) is 4.66. The van der Waals surface area contributed by atoms with Crippen molar-refractivity contribution in [2.45, 2.75) is 48.4 Å². The largest absolute Gasteiger partial charge is 0.497 e. The van der Waals surface area contributed by atoms with Crippen LogP contribution in [0.15, 0.2) is 34.2 Å². The Morgan fingerprint density at radius 2 is 1.86 bits per heavy atom. The predicted molar refractivity (Wildman–Crippen MR) is 115 cm³/mol. The van der Waals surface area contributed by atoms with Gasteiger partial charge in [0.05, 0.1) is 12.8 Å². The molecule has 6 heteroatoms. The number of fused-ring (bicyclic) bond motifs is 1. The summed E-state index contributed by atoms with van der Waals surface area (Å²) < 4.78 is 5.28. The number of ether oxygens (including phenoxy) is 1. The van der Waals surface area contributed by atoms with E-state index in [1.165, 1.54) is 54.9 Å². The average molecular weight is 399 g/mol. The maximum absolute atomic E-state index is 5.28. The van der Waals surface area contributed by atoms with Crippen molar-refractivity contribution in [1.29, 1.82) is 0 Å². The molecule has 1 aliphatic heterocycles. The molecule has 150 valence electrons. The molecular weight excluding hydrogens is 368 g/mol. The number of anilines is 1. The molecule has 2 aromatic rings. The number of nitrogens with zero attached hydrogens (tertiary/aromatic N) is 3. The van der Waals surface area contributed by atoms with Crippen LogP contribution in [0, 0.1) is 5.92 Å². The Labute approximate surface area is 172 Å². The number of methoxy groups -OCH3 is 1. The molecule has 1 N–H and O–H groups in total. The Bertz CT molecular complexity index is 788. The summed E-state index contributed by atoms with van der Waals surface area (Å²) in [6.45, 7) is 3.35. The van der Waals surface area contributed by atoms with Gasteiger partial charge in [-0.25, -0.2) is 9.97 Å². The zero-order valence-corrected chi connectivity index (χ0v) is 17.7. The van der Waals surface area contributed by atoms with Crippen LogP contribution in [0.3, 0.4) is 0 Å². The molecule has 1 aromatic heterocycles. The van der Waals surface area contributed by atoms with Crippen molar-refractivity contribution in [3.63, 3.8) is 0 Å². The standard InChI is InChI=1S/C22H30N4OS/c1-26-13-11-16(12-14-26)15-23-22-24-20-6-4-3-5-19(20)21(25-22)28-18-9-7-17(27-2)8-10-18/h7-10,16H,3-6,11-15H2,1-2H3,(H,23,24,25). The molecule has 0 saturated carbocycles. The minimum atomic E-state index is 0.716. The molecule has 2 heterocycles. The summed E-state index contributed by atoms with van der Waals surface area (Å²) in [6.07, 6.45) is 7.11. The first-order chi connectivity index (χ1) is 13.7. The Morgan fingerprint density at radius 3 is 2.61 bits per heavy atom. The number of aryl methyl sites for hydroxylation is 1. The molecule has 1 aliphatic carbocycles. The minimum Gasteiger partial charge on any atom is -0.497 e. The summed E-state index contributed by atoms with van der Waals surface area (Å²) in [6, 6.07) is 8.23. The zero-order valence-electron chi connectivity index (χ0n) is 16.9. The highest BCUT2D eigenvalue weighted by atomic mass is 32.2. The molecule has 1 aromatic carbocycles. The molecular formula is C22H30N4OS. The van der Waals surface area contributed by atoms with Gasteiger partial charge < -0.3 is 15.0 Å². The number of rotatable bonds is 6. The Balaban J connectivity index is 1.50. The van der Waals surface area contributed by atoms with E-state index in [-0.39, 0.29) is 0 Å². The summed E-state index contributed by atoms with van der Waals surface area (Å²) in [5.41, 5.74) is 2.58. The highest BCUT2D eigenvalue weighted by molar-refractivity contribution is 7.99. The molecule has 4 rings (SSSR count). The van der Waals surface area contributed by atoms with Gasteiger partial charge >= 0.3 is 0 Å². The zero-order chi connectivity index (χ0) is 19.3. The Hall–Kier alpha value is -1.79. The highest BCUT2D eigenvalue weighted by Crippen LogP contribution is 2.35. The van der Waals surface area contributed by atoms with Crippen molar-refractivity contribution in [3.8, 4) is 5.75 Å². The number of hydrogen-bond acceptors (Lipinski definition) is 6. The van der Waals surface area contributed by atoms with E-state index in [2.05, 4.69) is 29.4 Å². The number of hydrogen-bond donors (Lipinski definition) is 1. The number of likely N-dealkylation sites (tertiary alicyclic amines) is 1. The molecule has 0 bridgehead atoms. The van der Waals surface area contributed by atoms with E-state index in [1.54, 1.807) is 18.9 Å². The molecule has 1 fully saturated rings. The van der Waals surface area contributed by atoms with E-state index >= 15 is 0 Å². The summed E-state index contributed by atoms with van der Waals surface area (Å²) >= 11 is 1.74. The van der Waals surface area contributed by atoms with Crippen molar-refractivity contribution in [1.82, 2.24) is 14.9 Å². The molecule has 28 heavy (non-hydrogen) atoms. The fourth-order valence-electron chi connectivity index (χ4n) is 3.98. The molecule has 0 amide bonds. The van der Waals surface area contributed by atoms with Crippen molar-refractivity contribution in [3.05, 3.63) is 35.5 Å². The van der Waals surface area contributed by atoms with Crippen molar-refractivity contribution < 1.29 is 4.74 Å². The lowest BCUT2D eigenvalue weighted by molar-refractivity contribution is 0.226. The maximum atomic E-state index is 5.28. The van der Waals surface area contributed by atoms with Gasteiger partial charge in [0.1, 0.15) is 10.8 Å². The van der Waals surface area contributed by atoms with Gasteiger partial charge in [0, 0.05) is 17.0 Å². The fraction of sp³-hybridized carbons (Fsp3) is 0.545. The normalized spacial score (nSPS) is 17.9. The van der Waals surface area contributed by atoms with Crippen LogP contribution in [-0.4, -0.2) is 48.7 Å². The van der Waals surface area contributed by atoms with E-state index in [0.717, 1.165) is 36.1 Å². The Kier molecular flexibility index (Phi) is 6.37. The van der Waals surface area contributed by atoms with Crippen LogP contribution in [0.25, 0.3) is 0 Å². The van der Waals surface area contributed by atoms with Gasteiger partial charge in [-0.15, -0.1) is 0 Å². The highest BCUT2D eigenvalue weighted by Gasteiger charge is 2.20. The molecule has 2 aliphatic rings. The van der Waals surface area contributed by atoms with Gasteiger partial charge in [0.15, 0.2) is 0 Å². The fourth-order valence-corrected chi connectivity index (χ4v) is 4.95. The number of aromatic nitrogens is 2. The SMILES string of the molecule is COc1ccc(Sc2nc(NCC3CCN(C)CC3)nc3c2CCCC3)cc1. The molecule has 0 radical (unpaired) electrons. The van der Waals surface area contributed by atoms with E-state index in [9.17, 15) is 0 Å². The smallest absolute Gasteiger partial charge is 0.224 e. The van der Waals surface area contributed by atoms with Crippen LogP contribution in [0.5, 0.6) is 5.75 Å². The van der Waals surface area contributed by atoms with Crippen LogP contribution in [0.4, 0.5) is 5.95 Å². The molecule has 0 unspecified atom stereocenters. The third kappa shape index (κ3) is 4.78. The van der Waals surface area contributed by atoms with Crippen molar-refractivity contribution >= 4 is 17.7 Å². The summed E-state index contributed by atoms with van der Waals surface area (Å²) in [4.78, 5) is 13.4. The first kappa shape index (κ1) is 19.5. The minimum absolute atomic E-state index is 0.716. The number of benzene rings is 1. The average Bonchev–Trinajstić information content (AvgIpc) is 2.74. The van der Waals surface area contributed by atoms with Crippen LogP contribution >= 0.6 is 11.8 Å². The first-order valence-corrected chi connectivity index (χ1v) is 11.2. The second kappa shape index (κ2) is 9.14. The molecule has 1 saturated heterocycles. The molecule has 0 spiro atoms. The maximum Gasteiger partial charge on any atom is 0.224 e. The van der Waals surface area contributed by atoms with E-state index < -0.39 is 0 Å². The van der Waals surface area contributed by atoms with Crippen LogP contribution in [0.2, 0.25) is 0 Å². The topological polar surface area (TPSA) is 50.3 Å². The second-order valence-corrected chi connectivity index (χ2v) is 8.95. The van der Waals surface area contributed by atoms with Gasteiger partial charge in [-0.2, -0.15) is 0 Å². The van der Waals surface area contributed by atoms with Gasteiger partial charge in [-0.3, -0.25) is 0 Å². The van der Waals surface area contributed by atoms with Gasteiger partial charge in [0.2, 0.25) is 5.95 Å². The van der Waals surface area contributed by atoms with E-state index in [0.29, 0.717) is 5.92 Å². The van der Waals surface area contributed by atoms with E-state index in [1.807, 2.05) is 12.1 Å². The van der Waals surface area contributed by atoms with Crippen LogP contribution in [0.1, 0.15) is 36.9 Å². The van der Waals surface area contributed by atoms with E-state index in [4.69, 9.17) is 14.7 Å². The summed E-state index contributed by atoms with van der Waals surface area (Å²) in [5.74, 6) is 2.40. The predicted octanol–water partition coefficient (Wildman–Crippen LogP) is 4.27. The van der Waals surface area contributed by atoms with Crippen LogP contribution in [-0.2, 0) is 12.8 Å². The Morgan fingerprint density at radius 1 is 1.11 bits per heavy atom. The number of piperidine rings is 1. The third-order valence-corrected chi connectivity index (χ3v) is 6.85. The number of nitrogens with one attached hydrogen (secondary N) is 1. The first-order valence-electron chi connectivity index (χ1n) is 10.4. The van der Waals surface area contributed by atoms with Gasteiger partial charge in [0.25, 0.3) is 0 Å². The van der Waals surface area contributed by atoms with Crippen LogP contribution < -0.4 is 10.1 Å². The monoisotopic (exact) mass is 398 g/mol. The lowest BCUT2D eigenvalue weighted by atomic mass is 9.97. The second-order valence-electron chi connectivity index (χ2n) is 7.89. The molecule has 0 atom stereocenters. The van der Waals surface area contributed by atoms with Gasteiger partial charge in [-0.05, 0) is 88.8 Å². The van der Waals surface area contributed by atoms with Gasteiger partial charge in [-0.1, -0.05) is 11.8 Å². The third-order valence-electron chi connectivity index (χ3n) is 5.81. The van der Waals surface area contributed by atoms with Crippen molar-refractivity contribution in [2.24, 2.45) is 5.92 Å². The molecule has 5 nitrogen and oxygen atoms in total. The lowest BCUT2D eigenvalue weighted by Crippen LogP contribution is -2.33. The lowest BCUT2D eigenvalue weighted by Gasteiger charge is -2.29. The quantitative estimate of drug-likeness (QED) is 0.734.